The average Bonchev–Trinajstić information content (AvgIpc) is 3.70. The number of rotatable bonds is 5. The van der Waals surface area contributed by atoms with Crippen molar-refractivity contribution < 1.29 is 4.74 Å². The summed E-state index contributed by atoms with van der Waals surface area (Å²) in [5.74, 6) is 1.92. The molecule has 0 bridgehead atoms. The molecule has 42 heavy (non-hydrogen) atoms. The molecule has 5 heteroatoms. The van der Waals surface area contributed by atoms with Crippen LogP contribution in [0.25, 0.3) is 27.5 Å². The molecule has 208 valence electrons. The first-order chi connectivity index (χ1) is 20.4. The zero-order valence-electron chi connectivity index (χ0n) is 24.7. The van der Waals surface area contributed by atoms with Crippen LogP contribution in [0.5, 0.6) is 5.75 Å². The number of thiophene rings is 1. The van der Waals surface area contributed by atoms with Crippen molar-refractivity contribution in [2.24, 2.45) is 0 Å². The van der Waals surface area contributed by atoms with Crippen LogP contribution >= 0.6 is 11.3 Å². The maximum Gasteiger partial charge on any atom is 0.193 e. The van der Waals surface area contributed by atoms with E-state index in [2.05, 4.69) is 142 Å². The highest BCUT2D eigenvalue weighted by Crippen LogP contribution is 2.39. The number of imidazole rings is 1. The molecule has 0 saturated carbocycles. The van der Waals surface area contributed by atoms with E-state index < -0.39 is 8.07 Å². The fourth-order valence-electron chi connectivity index (χ4n) is 6.66. The number of aromatic nitrogens is 2. The highest BCUT2D eigenvalue weighted by Gasteiger charge is 2.47. The number of para-hydroxylation sites is 1. The molecule has 3 nitrogen and oxygen atoms in total. The molecule has 0 amide bonds. The third-order valence-electron chi connectivity index (χ3n) is 8.77. The van der Waals surface area contributed by atoms with Crippen molar-refractivity contribution in [1.82, 2.24) is 9.55 Å². The molecular weight excluding hydrogens is 549 g/mol. The third-order valence-corrected chi connectivity index (χ3v) is 14.3. The molecule has 4 aromatic carbocycles. The van der Waals surface area contributed by atoms with E-state index in [9.17, 15) is 0 Å². The number of ether oxygens (including phenoxy) is 1. The molecule has 0 fully saturated rings. The van der Waals surface area contributed by atoms with E-state index in [-0.39, 0.29) is 0 Å². The summed E-state index contributed by atoms with van der Waals surface area (Å²) < 4.78 is 9.15. The van der Waals surface area contributed by atoms with E-state index >= 15 is 0 Å². The van der Waals surface area contributed by atoms with Crippen LogP contribution in [0.15, 0.2) is 103 Å². The summed E-state index contributed by atoms with van der Waals surface area (Å²) in [6.07, 6.45) is 0.680. The largest absolute Gasteiger partial charge is 0.495 e. The molecule has 7 rings (SSSR count). The Morgan fingerprint density at radius 3 is 1.98 bits per heavy atom. The van der Waals surface area contributed by atoms with Gasteiger partial charge in [-0.25, -0.2) is 4.98 Å². The van der Waals surface area contributed by atoms with Crippen LogP contribution in [0.3, 0.4) is 0 Å². The van der Waals surface area contributed by atoms with Crippen molar-refractivity contribution in [2.75, 3.05) is 6.23 Å². The maximum absolute atomic E-state index is 6.80. The van der Waals surface area contributed by atoms with Crippen LogP contribution in [0.1, 0.15) is 27.4 Å². The number of nitrogens with zero attached hydrogens (tertiary/aromatic N) is 2. The Hall–Kier alpha value is -4.19. The Bertz CT molecular complexity index is 1880. The molecule has 2 aromatic heterocycles. The molecule has 0 atom stereocenters. The second-order valence-corrected chi connectivity index (χ2v) is 16.5. The van der Waals surface area contributed by atoms with Gasteiger partial charge in [-0.2, -0.15) is 0 Å². The molecule has 0 unspecified atom stereocenters. The minimum absolute atomic E-state index is 0.680. The monoisotopic (exact) mass is 582 g/mol. The molecule has 1 aliphatic rings. The lowest BCUT2D eigenvalue weighted by atomic mass is 10.0. The Morgan fingerprint density at radius 1 is 0.738 bits per heavy atom. The maximum atomic E-state index is 6.80. The van der Waals surface area contributed by atoms with Crippen LogP contribution in [0, 0.1) is 34.6 Å². The van der Waals surface area contributed by atoms with E-state index in [4.69, 9.17) is 9.72 Å². The quantitative estimate of drug-likeness (QED) is 0.201. The summed E-state index contributed by atoms with van der Waals surface area (Å²) in [4.78, 5) is 7.83. The van der Waals surface area contributed by atoms with E-state index in [0.717, 1.165) is 28.5 Å². The Kier molecular flexibility index (Phi) is 6.52. The van der Waals surface area contributed by atoms with Gasteiger partial charge in [0.2, 0.25) is 0 Å². The van der Waals surface area contributed by atoms with Crippen molar-refractivity contribution in [3.8, 4) is 33.3 Å². The summed E-state index contributed by atoms with van der Waals surface area (Å²) in [5, 5.41) is 4.06. The van der Waals surface area contributed by atoms with Gasteiger partial charge in [0.15, 0.2) is 8.07 Å². The predicted molar refractivity (Wildman–Crippen MR) is 179 cm³/mol. The molecule has 0 radical (unpaired) electrons. The van der Waals surface area contributed by atoms with Gasteiger partial charge in [-0.1, -0.05) is 72.8 Å². The molecule has 3 heterocycles. The summed E-state index contributed by atoms with van der Waals surface area (Å²) in [6, 6.07) is 37.7. The van der Waals surface area contributed by atoms with Gasteiger partial charge in [-0.05, 0) is 97.2 Å². The molecule has 0 aliphatic carbocycles. The van der Waals surface area contributed by atoms with Crippen molar-refractivity contribution in [1.29, 1.82) is 0 Å². The first-order valence-corrected chi connectivity index (χ1v) is 17.5. The second kappa shape index (κ2) is 10.3. The van der Waals surface area contributed by atoms with Gasteiger partial charge in [-0.3, -0.25) is 4.57 Å². The zero-order chi connectivity index (χ0) is 29.0. The van der Waals surface area contributed by atoms with Crippen molar-refractivity contribution >= 4 is 35.0 Å². The number of fused-ring (bicyclic) bond motifs is 1. The number of hydrogen-bond acceptors (Lipinski definition) is 3. The van der Waals surface area contributed by atoms with Crippen molar-refractivity contribution in [3.05, 3.63) is 131 Å². The van der Waals surface area contributed by atoms with E-state index in [1.54, 1.807) is 0 Å². The molecule has 0 saturated heterocycles. The number of aryl methyl sites for hydroxylation is 4. The van der Waals surface area contributed by atoms with Crippen LogP contribution in [-0.4, -0.2) is 23.9 Å². The first kappa shape index (κ1) is 26.7. The van der Waals surface area contributed by atoms with Gasteiger partial charge in [0.1, 0.15) is 11.6 Å². The first-order valence-electron chi connectivity index (χ1n) is 14.5. The SMILES string of the molecule is Cc1ccc(-c2cc(C)c(-n3c(-c4cccc5c4OC[Si]5(c4ccccc4)c4ccccc4)nc(C)c3C)c(C)c2)s1. The third kappa shape index (κ3) is 4.10. The minimum Gasteiger partial charge on any atom is -0.495 e. The topological polar surface area (TPSA) is 27.1 Å². The summed E-state index contributed by atoms with van der Waals surface area (Å²) >= 11 is 1.84. The molecule has 0 N–H and O–H groups in total. The lowest BCUT2D eigenvalue weighted by Crippen LogP contribution is -2.67. The summed E-state index contributed by atoms with van der Waals surface area (Å²) in [7, 11) is -2.40. The average molecular weight is 583 g/mol. The smallest absolute Gasteiger partial charge is 0.193 e. The molecule has 0 spiro atoms. The summed E-state index contributed by atoms with van der Waals surface area (Å²) in [5.41, 5.74) is 8.20. The van der Waals surface area contributed by atoms with Gasteiger partial charge >= 0.3 is 0 Å². The van der Waals surface area contributed by atoms with Gasteiger partial charge in [0, 0.05) is 15.4 Å². The standard InChI is InChI=1S/C37H34N2OSSi/c1-24-21-29(33-20-19-26(3)41-33)22-25(2)35(24)39-28(5)27(4)38-37(39)32-17-12-18-34-36(32)40-23-42(34,30-13-8-6-9-14-30)31-15-10-7-11-16-31/h6-22H,23H2,1-5H3. The van der Waals surface area contributed by atoms with Crippen molar-refractivity contribution in [3.63, 3.8) is 0 Å². The molecular formula is C37H34N2OSSi. The predicted octanol–water partition coefficient (Wildman–Crippen LogP) is 7.21. The normalized spacial score (nSPS) is 13.6. The highest BCUT2D eigenvalue weighted by molar-refractivity contribution is 7.15. The molecule has 6 aromatic rings. The van der Waals surface area contributed by atoms with Gasteiger partial charge in [-0.15, -0.1) is 11.3 Å². The van der Waals surface area contributed by atoms with E-state index in [1.807, 2.05) is 11.3 Å². The number of benzene rings is 4. The Balaban J connectivity index is 1.43. The number of hydrogen-bond donors (Lipinski definition) is 0. The zero-order valence-corrected chi connectivity index (χ0v) is 26.5. The van der Waals surface area contributed by atoms with E-state index in [1.165, 1.54) is 47.7 Å². The van der Waals surface area contributed by atoms with Gasteiger partial charge in [0.05, 0.1) is 23.2 Å². The Morgan fingerprint density at radius 2 is 1.38 bits per heavy atom. The van der Waals surface area contributed by atoms with Crippen LogP contribution in [0.2, 0.25) is 0 Å². The van der Waals surface area contributed by atoms with Gasteiger partial charge in [0.25, 0.3) is 0 Å². The Labute approximate surface area is 253 Å². The van der Waals surface area contributed by atoms with Crippen LogP contribution < -0.4 is 20.3 Å². The molecule has 1 aliphatic heterocycles. The summed E-state index contributed by atoms with van der Waals surface area (Å²) in [6.45, 7) is 10.9. The van der Waals surface area contributed by atoms with Crippen LogP contribution in [0.4, 0.5) is 0 Å². The van der Waals surface area contributed by atoms with E-state index in [0.29, 0.717) is 6.23 Å². The fourth-order valence-corrected chi connectivity index (χ4v) is 11.8. The lowest BCUT2D eigenvalue weighted by Gasteiger charge is -2.27. The van der Waals surface area contributed by atoms with Crippen LogP contribution in [-0.2, 0) is 0 Å². The highest BCUT2D eigenvalue weighted by atomic mass is 32.1. The van der Waals surface area contributed by atoms with Gasteiger partial charge < -0.3 is 4.74 Å². The van der Waals surface area contributed by atoms with Crippen molar-refractivity contribution in [2.45, 2.75) is 34.6 Å². The lowest BCUT2D eigenvalue weighted by molar-refractivity contribution is 0.398. The fraction of sp³-hybridized carbons (Fsp3) is 0.162. The minimum atomic E-state index is -2.40. The second-order valence-electron chi connectivity index (χ2n) is 11.4.